The highest BCUT2D eigenvalue weighted by Crippen LogP contribution is 2.14. The fourth-order valence-electron chi connectivity index (χ4n) is 2.08. The Hall–Kier alpha value is -2.01. The lowest BCUT2D eigenvalue weighted by molar-refractivity contribution is -0.132. The summed E-state index contributed by atoms with van der Waals surface area (Å²) in [5.41, 5.74) is 0.286. The number of benzene rings is 1. The van der Waals surface area contributed by atoms with Crippen LogP contribution in [0.2, 0.25) is 0 Å². The molecule has 1 aliphatic rings. The van der Waals surface area contributed by atoms with Crippen LogP contribution in [0.5, 0.6) is 0 Å². The number of nitrogens with one attached hydrogen (secondary N) is 1. The van der Waals surface area contributed by atoms with E-state index in [0.717, 1.165) is 0 Å². The number of carbonyl (C=O) groups excluding carboxylic acids is 1. The molecule has 1 saturated heterocycles. The average molecular weight is 372 g/mol. The van der Waals surface area contributed by atoms with Gasteiger partial charge in [0.2, 0.25) is 10.0 Å². The highest BCUT2D eigenvalue weighted by molar-refractivity contribution is 7.89. The molecule has 25 heavy (non-hydrogen) atoms. The summed E-state index contributed by atoms with van der Waals surface area (Å²) in [5, 5.41) is 12.6. The molecule has 138 valence electrons. The van der Waals surface area contributed by atoms with Gasteiger partial charge in [0.25, 0.3) is 0 Å². The zero-order valence-corrected chi connectivity index (χ0v) is 14.5. The lowest BCUT2D eigenvalue weighted by Gasteiger charge is -2.09. The first-order valence-corrected chi connectivity index (χ1v) is 9.07. The second-order valence-corrected chi connectivity index (χ2v) is 6.94. The maximum absolute atomic E-state index is 12.0. The highest BCUT2D eigenvalue weighted by atomic mass is 32.2. The zero-order valence-electron chi connectivity index (χ0n) is 13.7. The number of carbonyl (C=O) groups is 1. The van der Waals surface area contributed by atoms with Gasteiger partial charge in [0, 0.05) is 18.5 Å². The number of esters is 1. The fourth-order valence-corrected chi connectivity index (χ4v) is 3.10. The Kier molecular flexibility index (Phi) is 6.88. The van der Waals surface area contributed by atoms with Crippen LogP contribution in [0.15, 0.2) is 34.3 Å². The molecule has 0 radical (unpaired) electrons. The molecule has 1 fully saturated rings. The van der Waals surface area contributed by atoms with Crippen molar-refractivity contribution in [2.75, 3.05) is 33.5 Å². The summed E-state index contributed by atoms with van der Waals surface area (Å²) in [5.74, 6) is -0.701. The molecule has 0 aliphatic carbocycles. The first-order chi connectivity index (χ1) is 12.0. The maximum atomic E-state index is 12.0. The van der Waals surface area contributed by atoms with Crippen molar-refractivity contribution in [2.45, 2.75) is 17.4 Å². The summed E-state index contributed by atoms with van der Waals surface area (Å²) in [6, 6.07) is 5.51. The van der Waals surface area contributed by atoms with Crippen LogP contribution < -0.4 is 4.72 Å². The highest BCUT2D eigenvalue weighted by Gasteiger charge is 2.21. The van der Waals surface area contributed by atoms with Gasteiger partial charge < -0.3 is 19.4 Å². The van der Waals surface area contributed by atoms with Gasteiger partial charge in [-0.1, -0.05) is 17.3 Å². The van der Waals surface area contributed by atoms with E-state index in [1.807, 2.05) is 0 Å². The Morgan fingerprint density at radius 2 is 2.12 bits per heavy atom. The predicted molar refractivity (Wildman–Crippen MR) is 87.6 cm³/mol. The smallest absolute Gasteiger partial charge is 0.360 e. The Morgan fingerprint density at radius 3 is 2.68 bits per heavy atom. The molecule has 9 nitrogen and oxygen atoms in total. The summed E-state index contributed by atoms with van der Waals surface area (Å²) in [4.78, 5) is 17.2. The normalized spacial score (nSPS) is 18.2. The predicted octanol–water partition coefficient (Wildman–Crippen LogP) is -0.360. The molecule has 0 amide bonds. The van der Waals surface area contributed by atoms with Crippen molar-refractivity contribution in [1.82, 2.24) is 4.72 Å². The fraction of sp³-hybridized carbons (Fsp3) is 0.467. The summed E-state index contributed by atoms with van der Waals surface area (Å²) >= 11 is 0. The third-order valence-electron chi connectivity index (χ3n) is 3.40. The summed E-state index contributed by atoms with van der Waals surface area (Å²) in [7, 11) is -2.51. The van der Waals surface area contributed by atoms with Crippen LogP contribution in [0.4, 0.5) is 0 Å². The van der Waals surface area contributed by atoms with E-state index in [1.165, 1.54) is 31.4 Å². The monoisotopic (exact) mass is 372 g/mol. The van der Waals surface area contributed by atoms with E-state index in [1.54, 1.807) is 0 Å². The van der Waals surface area contributed by atoms with Crippen molar-refractivity contribution >= 4 is 21.7 Å². The van der Waals surface area contributed by atoms with Crippen molar-refractivity contribution in [3.63, 3.8) is 0 Å². The van der Waals surface area contributed by atoms with E-state index in [2.05, 4.69) is 9.88 Å². The minimum absolute atomic E-state index is 0.000901. The van der Waals surface area contributed by atoms with E-state index < -0.39 is 16.0 Å². The van der Waals surface area contributed by atoms with Gasteiger partial charge in [-0.3, -0.25) is 0 Å². The third-order valence-corrected chi connectivity index (χ3v) is 4.88. The Labute approximate surface area is 145 Å². The van der Waals surface area contributed by atoms with Gasteiger partial charge in [-0.15, -0.1) is 0 Å². The first-order valence-electron chi connectivity index (χ1n) is 7.58. The van der Waals surface area contributed by atoms with Gasteiger partial charge >= 0.3 is 5.97 Å². The van der Waals surface area contributed by atoms with E-state index in [9.17, 15) is 13.2 Å². The molecule has 10 heteroatoms. The molecule has 2 N–H and O–H groups in total. The number of aliphatic hydroxyl groups excluding tert-OH is 1. The second kappa shape index (κ2) is 8.90. The number of aliphatic hydroxyl groups is 1. The SMILES string of the molecule is COC(=O)/C(=N/O[C@@H]1CCOC1)c1ccc(S(=O)(=O)NCCO)cc1. The molecule has 0 bridgehead atoms. The van der Waals surface area contributed by atoms with Gasteiger partial charge in [-0.2, -0.15) is 0 Å². The number of hydrogen-bond donors (Lipinski definition) is 2. The molecule has 1 aromatic carbocycles. The second-order valence-electron chi connectivity index (χ2n) is 5.17. The van der Waals surface area contributed by atoms with Crippen LogP contribution in [-0.4, -0.2) is 64.8 Å². The zero-order chi connectivity index (χ0) is 18.3. The lowest BCUT2D eigenvalue weighted by Crippen LogP contribution is -2.26. The number of ether oxygens (including phenoxy) is 2. The molecule has 0 unspecified atom stereocenters. The minimum Gasteiger partial charge on any atom is -0.464 e. The van der Waals surface area contributed by atoms with E-state index >= 15 is 0 Å². The van der Waals surface area contributed by atoms with Gasteiger partial charge in [-0.25, -0.2) is 17.9 Å². The molecule has 1 aliphatic heterocycles. The molecular formula is C15H20N2O7S. The van der Waals surface area contributed by atoms with E-state index in [-0.39, 0.29) is 29.9 Å². The number of methoxy groups -OCH3 is 1. The number of hydrogen-bond acceptors (Lipinski definition) is 8. The van der Waals surface area contributed by atoms with Crippen molar-refractivity contribution < 1.29 is 32.6 Å². The molecule has 1 heterocycles. The minimum atomic E-state index is -3.73. The number of oxime groups is 1. The van der Waals surface area contributed by atoms with Gasteiger partial charge in [0.15, 0.2) is 11.8 Å². The summed E-state index contributed by atoms with van der Waals surface area (Å²) < 4.78 is 36.0. The van der Waals surface area contributed by atoms with Crippen molar-refractivity contribution in [1.29, 1.82) is 0 Å². The topological polar surface area (TPSA) is 124 Å². The standard InChI is InChI=1S/C15H20N2O7S/c1-22-15(19)14(17-24-12-6-9-23-10-12)11-2-4-13(5-3-11)25(20,21)16-7-8-18/h2-5,12,16,18H,6-10H2,1H3/b17-14+/t12-/m1/s1. The lowest BCUT2D eigenvalue weighted by atomic mass is 10.1. The third kappa shape index (κ3) is 5.23. The van der Waals surface area contributed by atoms with Crippen LogP contribution in [0, 0.1) is 0 Å². The Bertz CT molecular complexity index is 710. The molecule has 0 saturated carbocycles. The van der Waals surface area contributed by atoms with Crippen LogP contribution in [-0.2, 0) is 29.1 Å². The van der Waals surface area contributed by atoms with Crippen LogP contribution in [0.25, 0.3) is 0 Å². The molecular weight excluding hydrogens is 352 g/mol. The maximum Gasteiger partial charge on any atom is 0.360 e. The van der Waals surface area contributed by atoms with Gasteiger partial charge in [0.1, 0.15) is 0 Å². The van der Waals surface area contributed by atoms with Crippen LogP contribution >= 0.6 is 0 Å². The number of nitrogens with zero attached hydrogens (tertiary/aromatic N) is 1. The van der Waals surface area contributed by atoms with Gasteiger partial charge in [-0.05, 0) is 12.1 Å². The van der Waals surface area contributed by atoms with E-state index in [4.69, 9.17) is 19.4 Å². The Morgan fingerprint density at radius 1 is 1.40 bits per heavy atom. The quantitative estimate of drug-likeness (QED) is 0.363. The summed E-state index contributed by atoms with van der Waals surface area (Å²) in [6.07, 6.45) is 0.438. The average Bonchev–Trinajstić information content (AvgIpc) is 3.14. The van der Waals surface area contributed by atoms with Crippen molar-refractivity contribution in [3.8, 4) is 0 Å². The molecule has 1 atom stereocenters. The van der Waals surface area contributed by atoms with E-state index in [0.29, 0.717) is 25.2 Å². The van der Waals surface area contributed by atoms with Crippen LogP contribution in [0.3, 0.4) is 0 Å². The molecule has 0 aromatic heterocycles. The summed E-state index contributed by atoms with van der Waals surface area (Å²) in [6.45, 7) is 0.571. The Balaban J connectivity index is 2.20. The van der Waals surface area contributed by atoms with Gasteiger partial charge in [0.05, 0.1) is 31.8 Å². The number of rotatable bonds is 8. The molecule has 1 aromatic rings. The number of sulfonamides is 1. The van der Waals surface area contributed by atoms with Crippen molar-refractivity contribution in [2.24, 2.45) is 5.16 Å². The van der Waals surface area contributed by atoms with Crippen molar-refractivity contribution in [3.05, 3.63) is 29.8 Å². The molecule has 2 rings (SSSR count). The molecule has 0 spiro atoms. The largest absolute Gasteiger partial charge is 0.464 e. The first kappa shape index (κ1) is 19.3. The van der Waals surface area contributed by atoms with Crippen LogP contribution in [0.1, 0.15) is 12.0 Å².